The second-order valence-electron chi connectivity index (χ2n) is 4.69. The van der Waals surface area contributed by atoms with Crippen LogP contribution in [0.4, 0.5) is 0 Å². The number of esters is 2. The van der Waals surface area contributed by atoms with Crippen molar-refractivity contribution in [1.82, 2.24) is 0 Å². The van der Waals surface area contributed by atoms with E-state index in [9.17, 15) is 9.59 Å². The average Bonchev–Trinajstić information content (AvgIpc) is 2.39. The fourth-order valence-electron chi connectivity index (χ4n) is 1.49. The van der Waals surface area contributed by atoms with E-state index >= 15 is 0 Å². The SMILES string of the molecule is CC(Br)C(=O)OCCCCCCCCOC(=O)C(C)Br. The lowest BCUT2D eigenvalue weighted by molar-refractivity contribution is -0.143. The van der Waals surface area contributed by atoms with E-state index in [4.69, 9.17) is 9.47 Å². The van der Waals surface area contributed by atoms with Gasteiger partial charge in [-0.05, 0) is 26.7 Å². The highest BCUT2D eigenvalue weighted by Gasteiger charge is 2.09. The van der Waals surface area contributed by atoms with Gasteiger partial charge in [-0.2, -0.15) is 0 Å². The zero-order valence-electron chi connectivity index (χ0n) is 12.2. The third kappa shape index (κ3) is 11.7. The van der Waals surface area contributed by atoms with Gasteiger partial charge in [-0.3, -0.25) is 9.59 Å². The molecule has 0 N–H and O–H groups in total. The molecule has 0 heterocycles. The van der Waals surface area contributed by atoms with Crippen LogP contribution in [0.3, 0.4) is 0 Å². The lowest BCUT2D eigenvalue weighted by Crippen LogP contribution is -2.14. The van der Waals surface area contributed by atoms with E-state index in [1.54, 1.807) is 13.8 Å². The van der Waals surface area contributed by atoms with Gasteiger partial charge in [0, 0.05) is 0 Å². The van der Waals surface area contributed by atoms with Gasteiger partial charge in [0.15, 0.2) is 0 Å². The van der Waals surface area contributed by atoms with E-state index in [1.807, 2.05) is 0 Å². The number of carbonyl (C=O) groups is 2. The molecule has 0 fully saturated rings. The molecule has 0 aliphatic rings. The van der Waals surface area contributed by atoms with E-state index in [1.165, 1.54) is 0 Å². The molecule has 2 unspecified atom stereocenters. The van der Waals surface area contributed by atoms with E-state index in [0.717, 1.165) is 38.5 Å². The normalized spacial score (nSPS) is 13.6. The number of hydrogen-bond acceptors (Lipinski definition) is 4. The Labute approximate surface area is 138 Å². The number of alkyl halides is 2. The van der Waals surface area contributed by atoms with Crippen LogP contribution in [0, 0.1) is 0 Å². The lowest BCUT2D eigenvalue weighted by Gasteiger charge is -2.07. The first-order valence-electron chi connectivity index (χ1n) is 7.06. The van der Waals surface area contributed by atoms with Crippen molar-refractivity contribution in [3.05, 3.63) is 0 Å². The Morgan fingerprint density at radius 3 is 1.35 bits per heavy atom. The van der Waals surface area contributed by atoms with Crippen LogP contribution in [0.1, 0.15) is 52.4 Å². The van der Waals surface area contributed by atoms with Gasteiger partial charge in [-0.25, -0.2) is 0 Å². The molecule has 0 rings (SSSR count). The number of unbranched alkanes of at least 4 members (excludes halogenated alkanes) is 5. The summed E-state index contributed by atoms with van der Waals surface area (Å²) in [4.78, 5) is 21.8. The van der Waals surface area contributed by atoms with Crippen molar-refractivity contribution in [3.8, 4) is 0 Å². The molecule has 2 atom stereocenters. The number of ether oxygens (including phenoxy) is 2. The summed E-state index contributed by atoms with van der Waals surface area (Å²) in [5.41, 5.74) is 0. The first-order chi connectivity index (χ1) is 9.45. The molecule has 0 saturated carbocycles. The van der Waals surface area contributed by atoms with E-state index in [2.05, 4.69) is 31.9 Å². The van der Waals surface area contributed by atoms with Crippen LogP contribution < -0.4 is 0 Å². The van der Waals surface area contributed by atoms with E-state index in [0.29, 0.717) is 13.2 Å². The van der Waals surface area contributed by atoms with Gasteiger partial charge < -0.3 is 9.47 Å². The summed E-state index contributed by atoms with van der Waals surface area (Å²) in [7, 11) is 0. The number of hydrogen-bond donors (Lipinski definition) is 0. The average molecular weight is 416 g/mol. The molecule has 0 amide bonds. The van der Waals surface area contributed by atoms with E-state index in [-0.39, 0.29) is 21.6 Å². The summed E-state index contributed by atoms with van der Waals surface area (Å²) in [6.45, 7) is 4.50. The fourth-order valence-corrected chi connectivity index (χ4v) is 1.75. The second-order valence-corrected chi connectivity index (χ2v) is 7.44. The molecule has 20 heavy (non-hydrogen) atoms. The van der Waals surface area contributed by atoms with Gasteiger partial charge in [0.25, 0.3) is 0 Å². The maximum absolute atomic E-state index is 11.1. The predicted octanol–water partition coefficient (Wildman–Crippen LogP) is 3.98. The third-order valence-corrected chi connectivity index (χ3v) is 3.42. The predicted molar refractivity (Wildman–Crippen MR) is 86.4 cm³/mol. The summed E-state index contributed by atoms with van der Waals surface area (Å²) in [5.74, 6) is -0.402. The molecule has 6 heteroatoms. The van der Waals surface area contributed by atoms with Crippen molar-refractivity contribution < 1.29 is 19.1 Å². The van der Waals surface area contributed by atoms with Crippen LogP contribution in [0.2, 0.25) is 0 Å². The van der Waals surface area contributed by atoms with Crippen LogP contribution in [-0.2, 0) is 19.1 Å². The van der Waals surface area contributed by atoms with Gasteiger partial charge in [0.2, 0.25) is 0 Å². The summed E-state index contributed by atoms with van der Waals surface area (Å²) in [6.07, 6.45) is 6.15. The third-order valence-electron chi connectivity index (χ3n) is 2.68. The summed E-state index contributed by atoms with van der Waals surface area (Å²) in [6, 6.07) is 0. The zero-order valence-corrected chi connectivity index (χ0v) is 15.4. The number of rotatable bonds is 11. The molecular weight excluding hydrogens is 392 g/mol. The van der Waals surface area contributed by atoms with Crippen molar-refractivity contribution in [2.75, 3.05) is 13.2 Å². The highest BCUT2D eigenvalue weighted by molar-refractivity contribution is 9.10. The smallest absolute Gasteiger partial charge is 0.319 e. The molecule has 0 aliphatic carbocycles. The minimum absolute atomic E-state index is 0.201. The standard InChI is InChI=1S/C14H24Br2O4/c1-11(15)13(17)19-9-7-5-3-4-6-8-10-20-14(18)12(2)16/h11-12H,3-10H2,1-2H3. The monoisotopic (exact) mass is 414 g/mol. The Balaban J connectivity index is 3.21. The summed E-state index contributed by atoms with van der Waals surface area (Å²) < 4.78 is 10.1. The largest absolute Gasteiger partial charge is 0.465 e. The second kappa shape index (κ2) is 12.6. The van der Waals surface area contributed by atoms with Gasteiger partial charge in [0.05, 0.1) is 13.2 Å². The summed E-state index contributed by atoms with van der Waals surface area (Å²) >= 11 is 6.33. The van der Waals surface area contributed by atoms with Crippen molar-refractivity contribution in [3.63, 3.8) is 0 Å². The maximum atomic E-state index is 11.1. The Kier molecular flexibility index (Phi) is 12.6. The van der Waals surface area contributed by atoms with Crippen LogP contribution in [0.15, 0.2) is 0 Å². The van der Waals surface area contributed by atoms with Gasteiger partial charge in [0.1, 0.15) is 9.65 Å². The first kappa shape index (κ1) is 19.9. The highest BCUT2D eigenvalue weighted by atomic mass is 79.9. The molecule has 0 saturated heterocycles. The van der Waals surface area contributed by atoms with Crippen LogP contribution in [0.25, 0.3) is 0 Å². The van der Waals surface area contributed by atoms with Gasteiger partial charge in [-0.1, -0.05) is 57.5 Å². The topological polar surface area (TPSA) is 52.6 Å². The quantitative estimate of drug-likeness (QED) is 0.291. The van der Waals surface area contributed by atoms with Crippen molar-refractivity contribution in [2.45, 2.75) is 62.0 Å². The molecule has 118 valence electrons. The molecule has 0 aliphatic heterocycles. The van der Waals surface area contributed by atoms with Crippen LogP contribution in [0.5, 0.6) is 0 Å². The minimum Gasteiger partial charge on any atom is -0.465 e. The van der Waals surface area contributed by atoms with Crippen LogP contribution >= 0.6 is 31.9 Å². The fraction of sp³-hybridized carbons (Fsp3) is 0.857. The molecule has 0 aromatic carbocycles. The number of carbonyl (C=O) groups excluding carboxylic acids is 2. The Morgan fingerprint density at radius 2 is 1.05 bits per heavy atom. The molecule has 4 nitrogen and oxygen atoms in total. The zero-order chi connectivity index (χ0) is 15.4. The van der Waals surface area contributed by atoms with Crippen LogP contribution in [-0.4, -0.2) is 34.8 Å². The summed E-state index contributed by atoms with van der Waals surface area (Å²) in [5, 5.41) is 0. The Hall–Kier alpha value is -0.100. The van der Waals surface area contributed by atoms with E-state index < -0.39 is 0 Å². The molecule has 0 aromatic rings. The van der Waals surface area contributed by atoms with Crippen molar-refractivity contribution in [1.29, 1.82) is 0 Å². The Morgan fingerprint density at radius 1 is 0.750 bits per heavy atom. The van der Waals surface area contributed by atoms with Gasteiger partial charge in [-0.15, -0.1) is 0 Å². The highest BCUT2D eigenvalue weighted by Crippen LogP contribution is 2.08. The minimum atomic E-state index is -0.229. The van der Waals surface area contributed by atoms with Crippen molar-refractivity contribution >= 4 is 43.8 Å². The maximum Gasteiger partial charge on any atom is 0.319 e. The van der Waals surface area contributed by atoms with Gasteiger partial charge >= 0.3 is 11.9 Å². The Bertz CT molecular complexity index is 252. The molecular formula is C14H24Br2O4. The lowest BCUT2D eigenvalue weighted by atomic mass is 10.1. The molecule has 0 spiro atoms. The number of halogens is 2. The molecule has 0 aromatic heterocycles. The first-order valence-corrected chi connectivity index (χ1v) is 8.89. The van der Waals surface area contributed by atoms with Crippen molar-refractivity contribution in [2.24, 2.45) is 0 Å². The molecule has 0 bridgehead atoms. The molecule has 0 radical (unpaired) electrons.